The Balaban J connectivity index is 1.47. The number of rotatable bonds is 9. The predicted octanol–water partition coefficient (Wildman–Crippen LogP) is 0.617. The van der Waals surface area contributed by atoms with Crippen molar-refractivity contribution in [3.8, 4) is 0 Å². The second kappa shape index (κ2) is 8.95. The van der Waals surface area contributed by atoms with Crippen LogP contribution in [0.25, 0.3) is 0 Å². The number of likely N-dealkylation sites (tertiary alicyclic amines) is 1. The Morgan fingerprint density at radius 3 is 2.85 bits per heavy atom. The second-order valence-electron chi connectivity index (χ2n) is 6.14. The summed E-state index contributed by atoms with van der Waals surface area (Å²) in [5, 5.41) is 13.3. The Morgan fingerprint density at radius 1 is 1.35 bits per heavy atom. The SMILES string of the molecule is CC(CN1CCCC1)NCC(O)COCC1CCCO1. The Labute approximate surface area is 122 Å². The smallest absolute Gasteiger partial charge is 0.0897 e. The number of hydrogen-bond acceptors (Lipinski definition) is 5. The minimum absolute atomic E-state index is 0.240. The van der Waals surface area contributed by atoms with E-state index in [1.54, 1.807) is 0 Å². The maximum absolute atomic E-state index is 9.89. The van der Waals surface area contributed by atoms with E-state index in [1.165, 1.54) is 25.9 Å². The highest BCUT2D eigenvalue weighted by Crippen LogP contribution is 2.12. The van der Waals surface area contributed by atoms with Gasteiger partial charge >= 0.3 is 0 Å². The molecule has 2 rings (SSSR count). The lowest BCUT2D eigenvalue weighted by Crippen LogP contribution is -2.42. The minimum atomic E-state index is -0.433. The number of aliphatic hydroxyl groups is 1. The molecule has 0 aromatic rings. The molecule has 2 saturated heterocycles. The summed E-state index contributed by atoms with van der Waals surface area (Å²) in [4.78, 5) is 2.48. The molecule has 0 spiro atoms. The van der Waals surface area contributed by atoms with Crippen LogP contribution < -0.4 is 5.32 Å². The molecule has 2 N–H and O–H groups in total. The third-order valence-corrected chi connectivity index (χ3v) is 4.07. The molecule has 0 saturated carbocycles. The van der Waals surface area contributed by atoms with Crippen LogP contribution >= 0.6 is 0 Å². The summed E-state index contributed by atoms with van der Waals surface area (Å²) in [6, 6.07) is 0.418. The molecular formula is C15H30N2O3. The summed E-state index contributed by atoms with van der Waals surface area (Å²) in [5.41, 5.74) is 0. The zero-order valence-electron chi connectivity index (χ0n) is 12.7. The summed E-state index contributed by atoms with van der Waals surface area (Å²) in [7, 11) is 0. The van der Waals surface area contributed by atoms with Crippen LogP contribution in [0.2, 0.25) is 0 Å². The van der Waals surface area contributed by atoms with Gasteiger partial charge in [-0.3, -0.25) is 0 Å². The first-order valence-corrected chi connectivity index (χ1v) is 8.07. The van der Waals surface area contributed by atoms with E-state index in [4.69, 9.17) is 9.47 Å². The van der Waals surface area contributed by atoms with Gasteiger partial charge in [-0.05, 0) is 45.7 Å². The molecule has 5 nitrogen and oxygen atoms in total. The van der Waals surface area contributed by atoms with Gasteiger partial charge in [0.2, 0.25) is 0 Å². The van der Waals surface area contributed by atoms with Gasteiger partial charge in [-0.25, -0.2) is 0 Å². The van der Waals surface area contributed by atoms with Crippen LogP contribution in [0.5, 0.6) is 0 Å². The van der Waals surface area contributed by atoms with Crippen LogP contribution in [-0.2, 0) is 9.47 Å². The fraction of sp³-hybridized carbons (Fsp3) is 1.00. The molecular weight excluding hydrogens is 256 g/mol. The standard InChI is InChI=1S/C15H30N2O3/c1-13(10-17-6-2-3-7-17)16-9-14(18)11-19-12-15-5-4-8-20-15/h13-16,18H,2-12H2,1H3. The second-order valence-corrected chi connectivity index (χ2v) is 6.14. The minimum Gasteiger partial charge on any atom is -0.389 e. The molecule has 0 aliphatic carbocycles. The van der Waals surface area contributed by atoms with Gasteiger partial charge in [0.1, 0.15) is 0 Å². The molecule has 118 valence electrons. The average Bonchev–Trinajstić information content (AvgIpc) is 3.09. The molecule has 0 amide bonds. The molecule has 0 radical (unpaired) electrons. The van der Waals surface area contributed by atoms with Crippen molar-refractivity contribution < 1.29 is 14.6 Å². The van der Waals surface area contributed by atoms with Gasteiger partial charge in [-0.1, -0.05) is 0 Å². The lowest BCUT2D eigenvalue weighted by molar-refractivity contribution is -0.0170. The fourth-order valence-corrected chi connectivity index (χ4v) is 2.92. The highest BCUT2D eigenvalue weighted by Gasteiger charge is 2.17. The first-order valence-electron chi connectivity index (χ1n) is 8.07. The van der Waals surface area contributed by atoms with Crippen LogP contribution in [0.15, 0.2) is 0 Å². The predicted molar refractivity (Wildman–Crippen MR) is 78.9 cm³/mol. The van der Waals surface area contributed by atoms with Crippen molar-refractivity contribution in [3.63, 3.8) is 0 Å². The number of hydrogen-bond donors (Lipinski definition) is 2. The van der Waals surface area contributed by atoms with Crippen LogP contribution in [0.1, 0.15) is 32.6 Å². The van der Waals surface area contributed by atoms with Crippen molar-refractivity contribution in [3.05, 3.63) is 0 Å². The van der Waals surface area contributed by atoms with Gasteiger partial charge in [0, 0.05) is 25.7 Å². The molecule has 0 aromatic carbocycles. The largest absolute Gasteiger partial charge is 0.389 e. The molecule has 3 atom stereocenters. The van der Waals surface area contributed by atoms with E-state index in [0.29, 0.717) is 25.8 Å². The monoisotopic (exact) mass is 286 g/mol. The van der Waals surface area contributed by atoms with Gasteiger partial charge < -0.3 is 24.8 Å². The van der Waals surface area contributed by atoms with Crippen LogP contribution in [-0.4, -0.2) is 74.3 Å². The molecule has 2 heterocycles. The molecule has 0 bridgehead atoms. The van der Waals surface area contributed by atoms with Crippen molar-refractivity contribution in [1.29, 1.82) is 0 Å². The van der Waals surface area contributed by atoms with E-state index < -0.39 is 6.10 Å². The van der Waals surface area contributed by atoms with Crippen molar-refractivity contribution in [2.45, 2.75) is 50.9 Å². The Bertz CT molecular complexity index is 254. The Kier molecular flexibility index (Phi) is 7.24. The van der Waals surface area contributed by atoms with Crippen molar-refractivity contribution in [2.24, 2.45) is 0 Å². The first-order chi connectivity index (χ1) is 9.74. The van der Waals surface area contributed by atoms with Gasteiger partial charge in [0.05, 0.1) is 25.4 Å². The van der Waals surface area contributed by atoms with E-state index in [9.17, 15) is 5.11 Å². The number of nitrogens with one attached hydrogen (secondary N) is 1. The van der Waals surface area contributed by atoms with E-state index in [0.717, 1.165) is 26.0 Å². The zero-order chi connectivity index (χ0) is 14.2. The highest BCUT2D eigenvalue weighted by molar-refractivity contribution is 4.73. The van der Waals surface area contributed by atoms with Gasteiger partial charge in [-0.15, -0.1) is 0 Å². The van der Waals surface area contributed by atoms with Crippen LogP contribution in [0.4, 0.5) is 0 Å². The lowest BCUT2D eigenvalue weighted by Gasteiger charge is -2.22. The summed E-state index contributed by atoms with van der Waals surface area (Å²) < 4.78 is 11.0. The molecule has 0 aromatic heterocycles. The zero-order valence-corrected chi connectivity index (χ0v) is 12.7. The molecule has 2 aliphatic rings. The Hall–Kier alpha value is -0.200. The normalized spacial score (nSPS) is 27.0. The van der Waals surface area contributed by atoms with Crippen molar-refractivity contribution >= 4 is 0 Å². The molecule has 2 aliphatic heterocycles. The topological polar surface area (TPSA) is 54.0 Å². The average molecular weight is 286 g/mol. The summed E-state index contributed by atoms with van der Waals surface area (Å²) in [6.07, 6.45) is 4.67. The van der Waals surface area contributed by atoms with Crippen LogP contribution in [0, 0.1) is 0 Å². The number of ether oxygens (including phenoxy) is 2. The summed E-state index contributed by atoms with van der Waals surface area (Å²) in [5.74, 6) is 0. The maximum atomic E-state index is 9.89. The summed E-state index contributed by atoms with van der Waals surface area (Å²) in [6.45, 7) is 8.15. The third kappa shape index (κ3) is 6.06. The van der Waals surface area contributed by atoms with Crippen LogP contribution in [0.3, 0.4) is 0 Å². The highest BCUT2D eigenvalue weighted by atomic mass is 16.5. The first kappa shape index (κ1) is 16.2. The van der Waals surface area contributed by atoms with E-state index in [2.05, 4.69) is 17.1 Å². The molecule has 20 heavy (non-hydrogen) atoms. The third-order valence-electron chi connectivity index (χ3n) is 4.07. The number of nitrogens with zero attached hydrogens (tertiary/aromatic N) is 1. The van der Waals surface area contributed by atoms with Crippen molar-refractivity contribution in [1.82, 2.24) is 10.2 Å². The van der Waals surface area contributed by atoms with E-state index >= 15 is 0 Å². The Morgan fingerprint density at radius 2 is 2.15 bits per heavy atom. The maximum Gasteiger partial charge on any atom is 0.0897 e. The van der Waals surface area contributed by atoms with Crippen molar-refractivity contribution in [2.75, 3.05) is 46.0 Å². The molecule has 5 heteroatoms. The van der Waals surface area contributed by atoms with E-state index in [1.807, 2.05) is 0 Å². The van der Waals surface area contributed by atoms with Gasteiger partial charge in [0.15, 0.2) is 0 Å². The van der Waals surface area contributed by atoms with E-state index in [-0.39, 0.29) is 6.10 Å². The summed E-state index contributed by atoms with van der Waals surface area (Å²) >= 11 is 0. The number of aliphatic hydroxyl groups excluding tert-OH is 1. The lowest BCUT2D eigenvalue weighted by atomic mass is 10.2. The molecule has 2 fully saturated rings. The van der Waals surface area contributed by atoms with Gasteiger partial charge in [-0.2, -0.15) is 0 Å². The molecule has 3 unspecified atom stereocenters. The fourth-order valence-electron chi connectivity index (χ4n) is 2.92. The van der Waals surface area contributed by atoms with Gasteiger partial charge in [0.25, 0.3) is 0 Å². The quantitative estimate of drug-likeness (QED) is 0.651.